The van der Waals surface area contributed by atoms with Gasteiger partial charge in [-0.05, 0) is 26.3 Å². The van der Waals surface area contributed by atoms with Crippen LogP contribution >= 0.6 is 0 Å². The number of allylic oxidation sites excluding steroid dienone is 1. The second kappa shape index (κ2) is 3.67. The van der Waals surface area contributed by atoms with E-state index in [-0.39, 0.29) is 5.78 Å². The van der Waals surface area contributed by atoms with E-state index in [0.29, 0.717) is 6.04 Å². The van der Waals surface area contributed by atoms with E-state index >= 15 is 0 Å². The van der Waals surface area contributed by atoms with Crippen molar-refractivity contribution in [2.75, 3.05) is 13.1 Å². The van der Waals surface area contributed by atoms with E-state index in [0.717, 1.165) is 6.54 Å². The molecule has 0 spiro atoms. The molecule has 0 saturated carbocycles. The first-order chi connectivity index (χ1) is 5.20. The number of carbonyl (C=O) groups excluding carboxylic acids is 1. The third-order valence-electron chi connectivity index (χ3n) is 2.15. The van der Waals surface area contributed by atoms with Crippen LogP contribution in [0, 0.1) is 0 Å². The Morgan fingerprint density at radius 1 is 1.73 bits per heavy atom. The zero-order valence-electron chi connectivity index (χ0n) is 7.21. The van der Waals surface area contributed by atoms with Crippen molar-refractivity contribution < 1.29 is 4.79 Å². The van der Waals surface area contributed by atoms with Crippen LogP contribution in [0.15, 0.2) is 12.2 Å². The maximum absolute atomic E-state index is 10.5. The van der Waals surface area contributed by atoms with Crippen LogP contribution in [0.1, 0.15) is 20.3 Å². The van der Waals surface area contributed by atoms with Gasteiger partial charge in [0.05, 0.1) is 0 Å². The number of rotatable bonds is 3. The fraction of sp³-hybridized carbons (Fsp3) is 0.667. The van der Waals surface area contributed by atoms with Crippen LogP contribution in [0.2, 0.25) is 0 Å². The summed E-state index contributed by atoms with van der Waals surface area (Å²) >= 11 is 0. The second-order valence-corrected chi connectivity index (χ2v) is 3.15. The molecule has 1 atom stereocenters. The van der Waals surface area contributed by atoms with E-state index in [4.69, 9.17) is 0 Å². The minimum Gasteiger partial charge on any atom is -0.297 e. The molecule has 2 heteroatoms. The maximum atomic E-state index is 10.5. The zero-order chi connectivity index (χ0) is 8.27. The minimum atomic E-state index is 0.137. The first-order valence-electron chi connectivity index (χ1n) is 4.11. The minimum absolute atomic E-state index is 0.137. The van der Waals surface area contributed by atoms with Crippen LogP contribution in [-0.2, 0) is 4.79 Å². The smallest absolute Gasteiger partial charge is 0.152 e. The summed E-state index contributed by atoms with van der Waals surface area (Å²) in [5, 5.41) is 0. The van der Waals surface area contributed by atoms with Crippen molar-refractivity contribution >= 4 is 5.78 Å². The summed E-state index contributed by atoms with van der Waals surface area (Å²) in [4.78, 5) is 12.9. The van der Waals surface area contributed by atoms with Crippen molar-refractivity contribution in [3.8, 4) is 0 Å². The number of ketones is 1. The Hall–Kier alpha value is -0.630. The van der Waals surface area contributed by atoms with Gasteiger partial charge in [-0.3, -0.25) is 9.69 Å². The molecule has 0 aromatic rings. The average Bonchev–Trinajstić information content (AvgIpc) is 1.94. The van der Waals surface area contributed by atoms with E-state index in [2.05, 4.69) is 11.8 Å². The Balaban J connectivity index is 2.16. The monoisotopic (exact) mass is 153 g/mol. The van der Waals surface area contributed by atoms with Gasteiger partial charge in [0.1, 0.15) is 0 Å². The Morgan fingerprint density at radius 2 is 2.45 bits per heavy atom. The first-order valence-corrected chi connectivity index (χ1v) is 4.11. The van der Waals surface area contributed by atoms with Gasteiger partial charge in [0.2, 0.25) is 0 Å². The number of carbonyl (C=O) groups is 1. The Labute approximate surface area is 67.9 Å². The zero-order valence-corrected chi connectivity index (χ0v) is 7.21. The van der Waals surface area contributed by atoms with Crippen LogP contribution in [0.3, 0.4) is 0 Å². The van der Waals surface area contributed by atoms with Gasteiger partial charge in [-0.25, -0.2) is 0 Å². The Kier molecular flexibility index (Phi) is 2.83. The van der Waals surface area contributed by atoms with Crippen molar-refractivity contribution in [1.82, 2.24) is 4.90 Å². The predicted octanol–water partition coefficient (Wildman–Crippen LogP) is 1.23. The molecule has 1 unspecified atom stereocenters. The quantitative estimate of drug-likeness (QED) is 0.568. The molecule has 1 aliphatic heterocycles. The molecule has 1 heterocycles. The van der Waals surface area contributed by atoms with Gasteiger partial charge in [0.25, 0.3) is 0 Å². The molecule has 11 heavy (non-hydrogen) atoms. The molecule has 62 valence electrons. The van der Waals surface area contributed by atoms with E-state index in [1.807, 2.05) is 6.08 Å². The number of hydrogen-bond donors (Lipinski definition) is 0. The average molecular weight is 153 g/mol. The summed E-state index contributed by atoms with van der Waals surface area (Å²) in [5.41, 5.74) is 0. The summed E-state index contributed by atoms with van der Waals surface area (Å²) in [7, 11) is 0. The van der Waals surface area contributed by atoms with Crippen LogP contribution < -0.4 is 0 Å². The van der Waals surface area contributed by atoms with Gasteiger partial charge in [-0.2, -0.15) is 0 Å². The molecule has 1 saturated heterocycles. The standard InChI is InChI=1S/C9H15NO/c1-8-5-7-10(8)6-3-4-9(2)11/h3-4,8H,5-7H2,1-2H3/b4-3+. The summed E-state index contributed by atoms with van der Waals surface area (Å²) in [6, 6.07) is 0.714. The molecule has 2 nitrogen and oxygen atoms in total. The predicted molar refractivity (Wildman–Crippen MR) is 45.5 cm³/mol. The fourth-order valence-electron chi connectivity index (χ4n) is 1.20. The topological polar surface area (TPSA) is 20.3 Å². The van der Waals surface area contributed by atoms with Crippen LogP contribution in [0.25, 0.3) is 0 Å². The fourth-order valence-corrected chi connectivity index (χ4v) is 1.20. The lowest BCUT2D eigenvalue weighted by molar-refractivity contribution is -0.112. The van der Waals surface area contributed by atoms with E-state index in [1.165, 1.54) is 13.0 Å². The molecule has 0 N–H and O–H groups in total. The highest BCUT2D eigenvalue weighted by Gasteiger charge is 2.21. The third-order valence-corrected chi connectivity index (χ3v) is 2.15. The van der Waals surface area contributed by atoms with E-state index in [9.17, 15) is 4.79 Å². The lowest BCUT2D eigenvalue weighted by atomic mass is 10.1. The van der Waals surface area contributed by atoms with Gasteiger partial charge in [-0.15, -0.1) is 0 Å². The largest absolute Gasteiger partial charge is 0.297 e. The summed E-state index contributed by atoms with van der Waals surface area (Å²) < 4.78 is 0. The molecule has 0 aromatic heterocycles. The van der Waals surface area contributed by atoms with Crippen LogP contribution in [0.4, 0.5) is 0 Å². The number of hydrogen-bond acceptors (Lipinski definition) is 2. The molecule has 1 aliphatic rings. The summed E-state index contributed by atoms with van der Waals surface area (Å²) in [6.07, 6.45) is 4.89. The number of nitrogens with zero attached hydrogens (tertiary/aromatic N) is 1. The first kappa shape index (κ1) is 8.47. The molecule has 0 amide bonds. The Bertz CT molecular complexity index is 174. The summed E-state index contributed by atoms with van der Waals surface area (Å²) in [6.45, 7) is 5.91. The van der Waals surface area contributed by atoms with Gasteiger partial charge < -0.3 is 0 Å². The van der Waals surface area contributed by atoms with Gasteiger partial charge in [0, 0.05) is 19.1 Å². The molecular weight excluding hydrogens is 138 g/mol. The Morgan fingerprint density at radius 3 is 2.82 bits per heavy atom. The molecule has 1 rings (SSSR count). The van der Waals surface area contributed by atoms with Gasteiger partial charge in [-0.1, -0.05) is 6.08 Å². The highest BCUT2D eigenvalue weighted by molar-refractivity contribution is 5.87. The highest BCUT2D eigenvalue weighted by Crippen LogP contribution is 2.14. The maximum Gasteiger partial charge on any atom is 0.152 e. The normalized spacial score (nSPS) is 25.5. The van der Waals surface area contributed by atoms with Gasteiger partial charge >= 0.3 is 0 Å². The molecular formula is C9H15NO. The van der Waals surface area contributed by atoms with Crippen molar-refractivity contribution in [2.45, 2.75) is 26.3 Å². The molecule has 0 aliphatic carbocycles. The molecule has 0 aromatic carbocycles. The second-order valence-electron chi connectivity index (χ2n) is 3.15. The van der Waals surface area contributed by atoms with Crippen molar-refractivity contribution in [2.24, 2.45) is 0 Å². The van der Waals surface area contributed by atoms with E-state index < -0.39 is 0 Å². The van der Waals surface area contributed by atoms with Crippen LogP contribution in [-0.4, -0.2) is 29.8 Å². The van der Waals surface area contributed by atoms with E-state index in [1.54, 1.807) is 13.0 Å². The van der Waals surface area contributed by atoms with Crippen molar-refractivity contribution in [1.29, 1.82) is 0 Å². The van der Waals surface area contributed by atoms with Crippen molar-refractivity contribution in [3.63, 3.8) is 0 Å². The highest BCUT2D eigenvalue weighted by atomic mass is 16.1. The summed E-state index contributed by atoms with van der Waals surface area (Å²) in [5.74, 6) is 0.137. The third kappa shape index (κ3) is 2.46. The number of likely N-dealkylation sites (tertiary alicyclic amines) is 1. The van der Waals surface area contributed by atoms with Crippen molar-refractivity contribution in [3.05, 3.63) is 12.2 Å². The van der Waals surface area contributed by atoms with Crippen LogP contribution in [0.5, 0.6) is 0 Å². The lowest BCUT2D eigenvalue weighted by Crippen LogP contribution is -2.45. The lowest BCUT2D eigenvalue weighted by Gasteiger charge is -2.37. The molecule has 1 fully saturated rings. The van der Waals surface area contributed by atoms with Gasteiger partial charge in [0.15, 0.2) is 5.78 Å². The SMILES string of the molecule is CC(=O)/C=C/CN1CCC1C. The molecule has 0 bridgehead atoms. The molecule has 0 radical (unpaired) electrons.